The van der Waals surface area contributed by atoms with Gasteiger partial charge in [0.05, 0.1) is 6.61 Å². The van der Waals surface area contributed by atoms with Gasteiger partial charge in [-0.05, 0) is 31.5 Å². The van der Waals surface area contributed by atoms with Gasteiger partial charge in [0.2, 0.25) is 10.0 Å². The summed E-state index contributed by atoms with van der Waals surface area (Å²) in [6, 6.07) is 3.43. The van der Waals surface area contributed by atoms with Crippen LogP contribution in [0.25, 0.3) is 0 Å². The third-order valence-corrected chi connectivity index (χ3v) is 5.25. The average Bonchev–Trinajstić information content (AvgIpc) is 2.97. The second kappa shape index (κ2) is 7.12. The number of aromatic nitrogens is 1. The van der Waals surface area contributed by atoms with E-state index in [0.29, 0.717) is 19.7 Å². The second-order valence-corrected chi connectivity index (χ2v) is 6.78. The molecule has 1 aromatic heterocycles. The topological polar surface area (TPSA) is 71.5 Å². The summed E-state index contributed by atoms with van der Waals surface area (Å²) < 4.78 is 31.8. The Morgan fingerprint density at radius 1 is 1.55 bits per heavy atom. The number of hydrogen-bond acceptors (Lipinski definition) is 5. The maximum Gasteiger partial charge on any atom is 0.244 e. The van der Waals surface area contributed by atoms with E-state index in [-0.39, 0.29) is 10.9 Å². The third-order valence-electron chi connectivity index (χ3n) is 3.40. The Morgan fingerprint density at radius 2 is 2.40 bits per heavy atom. The molecule has 1 aliphatic heterocycles. The lowest BCUT2D eigenvalue weighted by Crippen LogP contribution is -2.42. The van der Waals surface area contributed by atoms with Crippen LogP contribution in [-0.2, 0) is 14.8 Å². The van der Waals surface area contributed by atoms with E-state index in [9.17, 15) is 8.42 Å². The van der Waals surface area contributed by atoms with Crippen molar-refractivity contribution in [2.24, 2.45) is 0 Å². The van der Waals surface area contributed by atoms with Crippen LogP contribution in [0, 0.1) is 0 Å². The third kappa shape index (κ3) is 3.76. The van der Waals surface area contributed by atoms with E-state index < -0.39 is 10.0 Å². The largest absolute Gasteiger partial charge is 0.383 e. The summed E-state index contributed by atoms with van der Waals surface area (Å²) in [4.78, 5) is 4.12. The van der Waals surface area contributed by atoms with Crippen LogP contribution in [0.4, 0.5) is 0 Å². The molecule has 2 rings (SSSR count). The van der Waals surface area contributed by atoms with Gasteiger partial charge < -0.3 is 10.1 Å². The van der Waals surface area contributed by atoms with Crippen molar-refractivity contribution < 1.29 is 13.2 Å². The molecule has 1 aliphatic rings. The molecule has 1 fully saturated rings. The van der Waals surface area contributed by atoms with Crippen LogP contribution in [0.3, 0.4) is 0 Å². The van der Waals surface area contributed by atoms with Crippen molar-refractivity contribution in [3.05, 3.63) is 24.5 Å². The number of methoxy groups -OCH3 is 1. The van der Waals surface area contributed by atoms with Gasteiger partial charge in [-0.1, -0.05) is 0 Å². The SMILES string of the molecule is COCCN(CC1CCCN1)S(=O)(=O)c1cccnc1. The van der Waals surface area contributed by atoms with Crippen molar-refractivity contribution in [3.8, 4) is 0 Å². The molecule has 1 aromatic rings. The average molecular weight is 299 g/mol. The van der Waals surface area contributed by atoms with Crippen LogP contribution >= 0.6 is 0 Å². The number of pyridine rings is 1. The van der Waals surface area contributed by atoms with E-state index in [1.54, 1.807) is 25.4 Å². The highest BCUT2D eigenvalue weighted by molar-refractivity contribution is 7.89. The number of ether oxygens (including phenoxy) is 1. The lowest BCUT2D eigenvalue weighted by Gasteiger charge is -2.24. The molecule has 1 saturated heterocycles. The molecule has 0 saturated carbocycles. The molecule has 0 spiro atoms. The summed E-state index contributed by atoms with van der Waals surface area (Å²) in [5.74, 6) is 0. The Kier molecular flexibility index (Phi) is 5.47. The van der Waals surface area contributed by atoms with E-state index in [2.05, 4.69) is 10.3 Å². The first-order chi connectivity index (χ1) is 9.64. The van der Waals surface area contributed by atoms with Crippen molar-refractivity contribution >= 4 is 10.0 Å². The standard InChI is InChI=1S/C13H21N3O3S/c1-19-9-8-16(11-12-4-2-7-15-12)20(17,18)13-5-3-6-14-10-13/h3,5-6,10,12,15H,2,4,7-9,11H2,1H3. The van der Waals surface area contributed by atoms with E-state index in [4.69, 9.17) is 4.74 Å². The molecule has 112 valence electrons. The summed E-state index contributed by atoms with van der Waals surface area (Å²) in [6.07, 6.45) is 5.05. The van der Waals surface area contributed by atoms with Gasteiger partial charge in [0.15, 0.2) is 0 Å². The highest BCUT2D eigenvalue weighted by atomic mass is 32.2. The van der Waals surface area contributed by atoms with Gasteiger partial charge in [0.25, 0.3) is 0 Å². The minimum absolute atomic E-state index is 0.221. The van der Waals surface area contributed by atoms with Gasteiger partial charge in [-0.25, -0.2) is 8.42 Å². The Labute approximate surface area is 120 Å². The van der Waals surface area contributed by atoms with E-state index in [1.165, 1.54) is 10.5 Å². The molecule has 6 nitrogen and oxygen atoms in total. The van der Waals surface area contributed by atoms with Crippen LogP contribution < -0.4 is 5.32 Å². The Hall–Kier alpha value is -1.02. The monoisotopic (exact) mass is 299 g/mol. The Balaban J connectivity index is 2.15. The minimum Gasteiger partial charge on any atom is -0.383 e. The maximum absolute atomic E-state index is 12.6. The van der Waals surface area contributed by atoms with Crippen molar-refractivity contribution in [1.82, 2.24) is 14.6 Å². The zero-order valence-electron chi connectivity index (χ0n) is 11.7. The summed E-state index contributed by atoms with van der Waals surface area (Å²) in [5.41, 5.74) is 0. The van der Waals surface area contributed by atoms with Crippen molar-refractivity contribution in [2.75, 3.05) is 33.4 Å². The first kappa shape index (κ1) is 15.4. The molecule has 2 heterocycles. The Morgan fingerprint density at radius 3 is 3.00 bits per heavy atom. The molecule has 7 heteroatoms. The molecule has 0 radical (unpaired) electrons. The van der Waals surface area contributed by atoms with E-state index in [0.717, 1.165) is 19.4 Å². The summed E-state index contributed by atoms with van der Waals surface area (Å²) >= 11 is 0. The minimum atomic E-state index is -3.51. The van der Waals surface area contributed by atoms with Gasteiger partial charge >= 0.3 is 0 Å². The van der Waals surface area contributed by atoms with Crippen molar-refractivity contribution in [1.29, 1.82) is 0 Å². The molecule has 0 amide bonds. The molecular formula is C13H21N3O3S. The predicted octanol–water partition coefficient (Wildman–Crippen LogP) is 0.471. The number of rotatable bonds is 7. The first-order valence-corrected chi connectivity index (χ1v) is 8.21. The van der Waals surface area contributed by atoms with Crippen molar-refractivity contribution in [2.45, 2.75) is 23.8 Å². The van der Waals surface area contributed by atoms with Crippen LogP contribution in [0.1, 0.15) is 12.8 Å². The quantitative estimate of drug-likeness (QED) is 0.792. The van der Waals surface area contributed by atoms with Gasteiger partial charge in [-0.15, -0.1) is 0 Å². The lowest BCUT2D eigenvalue weighted by molar-refractivity contribution is 0.176. The van der Waals surface area contributed by atoms with Crippen LogP contribution in [0.15, 0.2) is 29.4 Å². The van der Waals surface area contributed by atoms with Crippen LogP contribution in [0.2, 0.25) is 0 Å². The fraction of sp³-hybridized carbons (Fsp3) is 0.615. The zero-order chi connectivity index (χ0) is 14.4. The fourth-order valence-electron chi connectivity index (χ4n) is 2.31. The lowest BCUT2D eigenvalue weighted by atomic mass is 10.2. The fourth-order valence-corrected chi connectivity index (χ4v) is 3.74. The zero-order valence-corrected chi connectivity index (χ0v) is 12.5. The normalized spacial score (nSPS) is 19.6. The Bertz CT molecular complexity index is 501. The smallest absolute Gasteiger partial charge is 0.244 e. The van der Waals surface area contributed by atoms with Gasteiger partial charge in [-0.2, -0.15) is 4.31 Å². The maximum atomic E-state index is 12.6. The molecule has 1 atom stereocenters. The number of sulfonamides is 1. The van der Waals surface area contributed by atoms with E-state index in [1.807, 2.05) is 0 Å². The van der Waals surface area contributed by atoms with Crippen molar-refractivity contribution in [3.63, 3.8) is 0 Å². The predicted molar refractivity (Wildman–Crippen MR) is 75.9 cm³/mol. The van der Waals surface area contributed by atoms with Gasteiger partial charge in [-0.3, -0.25) is 4.98 Å². The van der Waals surface area contributed by atoms with Crippen LogP contribution in [-0.4, -0.2) is 57.1 Å². The molecule has 20 heavy (non-hydrogen) atoms. The van der Waals surface area contributed by atoms with E-state index >= 15 is 0 Å². The molecule has 0 aliphatic carbocycles. The molecule has 0 aromatic carbocycles. The number of nitrogens with one attached hydrogen (secondary N) is 1. The number of hydrogen-bond donors (Lipinski definition) is 1. The highest BCUT2D eigenvalue weighted by Gasteiger charge is 2.28. The van der Waals surface area contributed by atoms with Gasteiger partial charge in [0.1, 0.15) is 4.90 Å². The van der Waals surface area contributed by atoms with Gasteiger partial charge in [0, 0.05) is 38.6 Å². The first-order valence-electron chi connectivity index (χ1n) is 6.77. The molecular weight excluding hydrogens is 278 g/mol. The van der Waals surface area contributed by atoms with Crippen LogP contribution in [0.5, 0.6) is 0 Å². The molecule has 0 bridgehead atoms. The molecule has 1 N–H and O–H groups in total. The summed E-state index contributed by atoms with van der Waals surface area (Å²) in [5, 5.41) is 3.32. The number of nitrogens with zero attached hydrogens (tertiary/aromatic N) is 2. The summed E-state index contributed by atoms with van der Waals surface area (Å²) in [7, 11) is -1.94. The highest BCUT2D eigenvalue weighted by Crippen LogP contribution is 2.16. The summed E-state index contributed by atoms with van der Waals surface area (Å²) in [6.45, 7) is 2.16. The molecule has 1 unspecified atom stereocenters. The second-order valence-electron chi connectivity index (χ2n) is 4.84.